The maximum Gasteiger partial charge on any atom is 0.174 e. The van der Waals surface area contributed by atoms with E-state index in [4.69, 9.17) is 0 Å². The van der Waals surface area contributed by atoms with E-state index >= 15 is 4.57 Å². The molecule has 2 aromatic heterocycles. The fourth-order valence-corrected chi connectivity index (χ4v) is 16.3. The number of fused-ring (bicyclic) bond motifs is 3. The van der Waals surface area contributed by atoms with Gasteiger partial charge in [0.05, 0.1) is 25.9 Å². The molecular weight excluding hydrogens is 528 g/mol. The van der Waals surface area contributed by atoms with Gasteiger partial charge in [-0.3, -0.25) is 0 Å². The largest absolute Gasteiger partial charge is 0.309 e. The Morgan fingerprint density at radius 2 is 1.06 bits per heavy atom. The molecule has 7 rings (SSSR count). The summed E-state index contributed by atoms with van der Waals surface area (Å²) in [5.74, 6) is 0. The van der Waals surface area contributed by atoms with E-state index in [2.05, 4.69) is 106 Å². The summed E-state index contributed by atoms with van der Waals surface area (Å²) in [5.41, 5.74) is 0. The van der Waals surface area contributed by atoms with E-state index in [9.17, 15) is 0 Å². The van der Waals surface area contributed by atoms with Crippen LogP contribution in [0, 0.1) is 0 Å². The van der Waals surface area contributed by atoms with Gasteiger partial charge in [0.25, 0.3) is 0 Å². The Hall–Kier alpha value is -2.02. The van der Waals surface area contributed by atoms with Crippen molar-refractivity contribution in [3.8, 4) is 9.75 Å². The van der Waals surface area contributed by atoms with Crippen molar-refractivity contribution in [2.45, 2.75) is 39.3 Å². The molecule has 0 spiro atoms. The summed E-state index contributed by atoms with van der Waals surface area (Å²) in [6.07, 6.45) is 0. The van der Waals surface area contributed by atoms with Crippen molar-refractivity contribution in [2.24, 2.45) is 0 Å². The van der Waals surface area contributed by atoms with Crippen LogP contribution in [0.1, 0.15) is 0 Å². The zero-order chi connectivity index (χ0) is 25.2. The molecule has 0 saturated carbocycles. The van der Waals surface area contributed by atoms with Gasteiger partial charge in [-0.05, 0) is 59.5 Å². The van der Waals surface area contributed by atoms with Gasteiger partial charge in [-0.1, -0.05) is 87.8 Å². The molecule has 0 fully saturated rings. The van der Waals surface area contributed by atoms with Crippen LogP contribution in [0.3, 0.4) is 0 Å². The van der Waals surface area contributed by atoms with Gasteiger partial charge in [-0.25, -0.2) is 0 Å². The molecule has 0 unspecified atom stereocenters. The first-order chi connectivity index (χ1) is 17.0. The van der Waals surface area contributed by atoms with Gasteiger partial charge in [-0.15, -0.1) is 22.7 Å². The van der Waals surface area contributed by atoms with Gasteiger partial charge in [-0.2, -0.15) is 0 Å². The lowest BCUT2D eigenvalue weighted by molar-refractivity contribution is 0.593. The van der Waals surface area contributed by atoms with Crippen molar-refractivity contribution in [3.05, 3.63) is 66.7 Å². The van der Waals surface area contributed by atoms with Gasteiger partial charge in [0.15, 0.2) is 7.14 Å². The lowest BCUT2D eigenvalue weighted by atomic mass is 9.94. The molecule has 4 aromatic carbocycles. The zero-order valence-corrected chi connectivity index (χ0v) is 26.1. The second-order valence-corrected chi connectivity index (χ2v) is 27.8. The minimum atomic E-state index is -2.99. The molecule has 0 radical (unpaired) electrons. The third-order valence-corrected chi connectivity index (χ3v) is 20.7. The second-order valence-electron chi connectivity index (χ2n) is 12.2. The van der Waals surface area contributed by atoms with Crippen LogP contribution in [0.2, 0.25) is 39.3 Å². The maximum absolute atomic E-state index is 15.7. The monoisotopic (exact) mass is 556 g/mol. The number of hydrogen-bond acceptors (Lipinski definition) is 3. The van der Waals surface area contributed by atoms with Crippen molar-refractivity contribution < 1.29 is 4.57 Å². The highest BCUT2D eigenvalue weighted by Gasteiger charge is 2.46. The molecule has 0 N–H and O–H groups in total. The highest BCUT2D eigenvalue weighted by molar-refractivity contribution is 7.88. The third-order valence-electron chi connectivity index (χ3n) is 7.63. The van der Waals surface area contributed by atoms with E-state index in [0.717, 1.165) is 21.3 Å². The van der Waals surface area contributed by atoms with Crippen molar-refractivity contribution >= 4 is 103 Å². The normalized spacial score (nSPS) is 15.3. The minimum Gasteiger partial charge on any atom is -0.309 e. The van der Waals surface area contributed by atoms with Crippen LogP contribution in [0.4, 0.5) is 0 Å². The Labute approximate surface area is 222 Å². The third kappa shape index (κ3) is 3.01. The molecule has 1 aliphatic rings. The fraction of sp³-hybridized carbons (Fsp3) is 0.200. The molecule has 6 aromatic rings. The molecule has 1 nitrogen and oxygen atoms in total. The lowest BCUT2D eigenvalue weighted by Crippen LogP contribution is -2.36. The van der Waals surface area contributed by atoms with Crippen LogP contribution in [0.15, 0.2) is 66.7 Å². The topological polar surface area (TPSA) is 17.1 Å². The highest BCUT2D eigenvalue weighted by Crippen LogP contribution is 2.56. The summed E-state index contributed by atoms with van der Waals surface area (Å²) in [7, 11) is -6.07. The van der Waals surface area contributed by atoms with Crippen LogP contribution in [0.5, 0.6) is 0 Å². The summed E-state index contributed by atoms with van der Waals surface area (Å²) < 4.78 is 18.6. The molecule has 0 aliphatic carbocycles. The van der Waals surface area contributed by atoms with Crippen LogP contribution in [-0.4, -0.2) is 16.1 Å². The Bertz CT molecular complexity index is 1820. The van der Waals surface area contributed by atoms with Crippen molar-refractivity contribution in [1.82, 2.24) is 0 Å². The van der Waals surface area contributed by atoms with Crippen molar-refractivity contribution in [1.29, 1.82) is 0 Å². The summed E-state index contributed by atoms with van der Waals surface area (Å²) >= 11 is 3.84. The first-order valence-electron chi connectivity index (χ1n) is 12.6. The molecule has 0 saturated heterocycles. The first-order valence-corrected chi connectivity index (χ1v) is 22.9. The highest BCUT2D eigenvalue weighted by atomic mass is 32.1. The lowest BCUT2D eigenvalue weighted by Gasteiger charge is -2.20. The van der Waals surface area contributed by atoms with Gasteiger partial charge >= 0.3 is 0 Å². The zero-order valence-electron chi connectivity index (χ0n) is 21.5. The predicted octanol–water partition coefficient (Wildman–Crippen LogP) is 7.42. The Morgan fingerprint density at radius 3 is 1.58 bits per heavy atom. The molecule has 0 amide bonds. The van der Waals surface area contributed by atoms with E-state index in [0.29, 0.717) is 0 Å². The number of benzene rings is 4. The number of hydrogen-bond donors (Lipinski definition) is 0. The molecule has 36 heavy (non-hydrogen) atoms. The number of rotatable bonds is 3. The SMILES string of the molecule is C[Si](C)(C)c1cc2c(s1)-c1sc([Si](C)(C)C)cc1P2(=O)c1ccc2ccc3cccc4ccc1c2c34. The van der Waals surface area contributed by atoms with E-state index in [1.807, 2.05) is 22.7 Å². The van der Waals surface area contributed by atoms with Crippen LogP contribution >= 0.6 is 29.8 Å². The minimum absolute atomic E-state index is 1.02. The maximum atomic E-state index is 15.7. The average Bonchev–Trinajstić information content (AvgIpc) is 3.51. The standard InChI is InChI=1S/C30H29OPS2Si2/c1-35(2,3)25-16-23-29(33-25)30-24(17-26(34-30)36(4,5)6)32(23,31)22-15-13-20-11-10-18-8-7-9-19-12-14-21(22)28(20)27(18)19/h7-17H,1-6H3. The van der Waals surface area contributed by atoms with Crippen LogP contribution < -0.4 is 24.9 Å². The Kier molecular flexibility index (Phi) is 4.69. The Balaban J connectivity index is 1.61. The molecule has 6 heteroatoms. The summed E-state index contributed by atoms with van der Waals surface area (Å²) in [5, 5.41) is 10.7. The Morgan fingerprint density at radius 1 is 0.583 bits per heavy atom. The quantitative estimate of drug-likeness (QED) is 0.126. The second kappa shape index (κ2) is 7.30. The van der Waals surface area contributed by atoms with Gasteiger partial charge in [0, 0.05) is 15.9 Å². The van der Waals surface area contributed by atoms with E-state index < -0.39 is 23.3 Å². The molecular formula is C30H29OPS2Si2. The van der Waals surface area contributed by atoms with Crippen molar-refractivity contribution in [2.75, 3.05) is 0 Å². The van der Waals surface area contributed by atoms with Crippen LogP contribution in [-0.2, 0) is 4.57 Å². The first kappa shape index (κ1) is 23.1. The van der Waals surface area contributed by atoms with E-state index in [1.165, 1.54) is 45.7 Å². The van der Waals surface area contributed by atoms with Gasteiger partial charge in [0.2, 0.25) is 0 Å². The average molecular weight is 557 g/mol. The molecule has 0 bridgehead atoms. The smallest absolute Gasteiger partial charge is 0.174 e. The summed E-state index contributed by atoms with van der Waals surface area (Å²) in [4.78, 5) is 2.57. The van der Waals surface area contributed by atoms with Crippen LogP contribution in [0.25, 0.3) is 42.1 Å². The summed E-state index contributed by atoms with van der Waals surface area (Å²) in [6.45, 7) is 14.4. The number of thiophene rings is 2. The van der Waals surface area contributed by atoms with Gasteiger partial charge in [0.1, 0.15) is 0 Å². The molecule has 180 valence electrons. The van der Waals surface area contributed by atoms with E-state index in [1.54, 1.807) is 0 Å². The van der Waals surface area contributed by atoms with E-state index in [-0.39, 0.29) is 0 Å². The molecule has 0 atom stereocenters. The van der Waals surface area contributed by atoms with Gasteiger partial charge < -0.3 is 4.57 Å². The molecule has 1 aliphatic heterocycles. The molecule has 3 heterocycles. The summed E-state index contributed by atoms with van der Waals surface area (Å²) in [6, 6.07) is 24.5. The van der Waals surface area contributed by atoms with Crippen molar-refractivity contribution in [3.63, 3.8) is 0 Å². The fourth-order valence-electron chi connectivity index (χ4n) is 5.68. The predicted molar refractivity (Wildman–Crippen MR) is 170 cm³/mol.